The lowest BCUT2D eigenvalue weighted by atomic mass is 10.1. The van der Waals surface area contributed by atoms with Crippen molar-refractivity contribution in [3.63, 3.8) is 0 Å². The summed E-state index contributed by atoms with van der Waals surface area (Å²) >= 11 is 5.94. The molecule has 88 valence electrons. The predicted molar refractivity (Wildman–Crippen MR) is 69.9 cm³/mol. The van der Waals surface area contributed by atoms with E-state index in [1.807, 2.05) is 31.2 Å². The summed E-state index contributed by atoms with van der Waals surface area (Å²) in [5.41, 5.74) is 6.65. The van der Waals surface area contributed by atoms with Crippen LogP contribution >= 0.6 is 11.6 Å². The van der Waals surface area contributed by atoms with Crippen LogP contribution in [0, 0.1) is 0 Å². The first-order valence-electron chi connectivity index (χ1n) is 5.24. The maximum absolute atomic E-state index is 5.94. The predicted octanol–water partition coefficient (Wildman–Crippen LogP) is 2.89. The van der Waals surface area contributed by atoms with E-state index in [4.69, 9.17) is 17.3 Å². The van der Waals surface area contributed by atoms with Crippen LogP contribution in [0.25, 0.3) is 0 Å². The number of nitrogens with two attached hydrogens (primary N) is 1. The number of hydrogen-bond acceptors (Lipinski definition) is 4. The second kappa shape index (κ2) is 5.01. The van der Waals surface area contributed by atoms with Crippen LogP contribution in [0.2, 0.25) is 5.02 Å². The minimum absolute atomic E-state index is 0.0878. The van der Waals surface area contributed by atoms with Crippen molar-refractivity contribution in [2.75, 3.05) is 11.1 Å². The molecule has 17 heavy (non-hydrogen) atoms. The Morgan fingerprint density at radius 3 is 2.88 bits per heavy atom. The van der Waals surface area contributed by atoms with E-state index in [1.165, 1.54) is 6.20 Å². The van der Waals surface area contributed by atoms with Crippen molar-refractivity contribution in [3.05, 3.63) is 47.2 Å². The molecule has 0 fully saturated rings. The number of aromatic nitrogens is 2. The molecule has 1 unspecified atom stereocenters. The molecular formula is C12H13ClN4. The fraction of sp³-hybridized carbons (Fsp3) is 0.167. The first kappa shape index (κ1) is 11.7. The van der Waals surface area contributed by atoms with Crippen molar-refractivity contribution in [2.24, 2.45) is 0 Å². The topological polar surface area (TPSA) is 63.8 Å². The largest absolute Gasteiger partial charge is 0.382 e. The van der Waals surface area contributed by atoms with Crippen molar-refractivity contribution in [1.29, 1.82) is 0 Å². The van der Waals surface area contributed by atoms with Gasteiger partial charge in [0.05, 0.1) is 18.4 Å². The molecule has 4 nitrogen and oxygen atoms in total. The summed E-state index contributed by atoms with van der Waals surface area (Å²) in [6.07, 6.45) is 3.15. The zero-order valence-corrected chi connectivity index (χ0v) is 10.1. The van der Waals surface area contributed by atoms with Gasteiger partial charge in [-0.05, 0) is 24.6 Å². The van der Waals surface area contributed by atoms with Crippen molar-refractivity contribution < 1.29 is 0 Å². The van der Waals surface area contributed by atoms with Gasteiger partial charge in [-0.25, -0.2) is 4.98 Å². The Morgan fingerprint density at radius 1 is 1.35 bits per heavy atom. The highest BCUT2D eigenvalue weighted by Gasteiger charge is 2.06. The van der Waals surface area contributed by atoms with Gasteiger partial charge in [-0.2, -0.15) is 0 Å². The summed E-state index contributed by atoms with van der Waals surface area (Å²) < 4.78 is 0. The number of nitrogen functional groups attached to an aromatic ring is 1. The standard InChI is InChI=1S/C12H13ClN4/c1-8(9-3-2-4-10(13)5-9)16-12-7-15-6-11(14)17-12/h2-8H,1H3,(H3,14,16,17). The first-order chi connectivity index (χ1) is 8.15. The normalized spacial score (nSPS) is 12.1. The van der Waals surface area contributed by atoms with Gasteiger partial charge in [-0.15, -0.1) is 0 Å². The molecule has 0 aliphatic carbocycles. The Morgan fingerprint density at radius 2 is 2.18 bits per heavy atom. The number of nitrogens with one attached hydrogen (secondary N) is 1. The summed E-state index contributed by atoms with van der Waals surface area (Å²) in [7, 11) is 0. The van der Waals surface area contributed by atoms with Crippen LogP contribution < -0.4 is 11.1 Å². The summed E-state index contributed by atoms with van der Waals surface area (Å²) in [6, 6.07) is 7.77. The fourth-order valence-corrected chi connectivity index (χ4v) is 1.73. The van der Waals surface area contributed by atoms with Crippen LogP contribution in [0.15, 0.2) is 36.7 Å². The van der Waals surface area contributed by atoms with Crippen molar-refractivity contribution >= 4 is 23.2 Å². The number of benzene rings is 1. The van der Waals surface area contributed by atoms with Gasteiger partial charge < -0.3 is 11.1 Å². The van der Waals surface area contributed by atoms with E-state index in [1.54, 1.807) is 6.20 Å². The van der Waals surface area contributed by atoms with E-state index in [2.05, 4.69) is 15.3 Å². The molecule has 3 N–H and O–H groups in total. The molecule has 5 heteroatoms. The smallest absolute Gasteiger partial charge is 0.147 e. The molecule has 0 aliphatic rings. The van der Waals surface area contributed by atoms with Crippen LogP contribution in [-0.4, -0.2) is 9.97 Å². The quantitative estimate of drug-likeness (QED) is 0.877. The monoisotopic (exact) mass is 248 g/mol. The second-order valence-corrected chi connectivity index (χ2v) is 4.19. The van der Waals surface area contributed by atoms with Crippen molar-refractivity contribution in [1.82, 2.24) is 9.97 Å². The fourth-order valence-electron chi connectivity index (χ4n) is 1.53. The van der Waals surface area contributed by atoms with Crippen LogP contribution in [0.4, 0.5) is 11.6 Å². The Hall–Kier alpha value is -1.81. The minimum Gasteiger partial charge on any atom is -0.382 e. The summed E-state index contributed by atoms with van der Waals surface area (Å²) in [4.78, 5) is 8.10. The van der Waals surface area contributed by atoms with Crippen LogP contribution in [0.3, 0.4) is 0 Å². The Balaban J connectivity index is 2.14. The Kier molecular flexibility index (Phi) is 3.44. The molecule has 0 saturated carbocycles. The van der Waals surface area contributed by atoms with Crippen LogP contribution in [0.5, 0.6) is 0 Å². The third-order valence-electron chi connectivity index (χ3n) is 2.37. The van der Waals surface area contributed by atoms with Gasteiger partial charge in [0.15, 0.2) is 0 Å². The molecule has 2 rings (SSSR count). The zero-order chi connectivity index (χ0) is 12.3. The van der Waals surface area contributed by atoms with Crippen LogP contribution in [0.1, 0.15) is 18.5 Å². The average Bonchev–Trinajstić information content (AvgIpc) is 2.29. The molecule has 2 aromatic rings. The first-order valence-corrected chi connectivity index (χ1v) is 5.62. The summed E-state index contributed by atoms with van der Waals surface area (Å²) in [5, 5.41) is 3.93. The molecule has 1 aromatic heterocycles. The maximum atomic E-state index is 5.94. The van der Waals surface area contributed by atoms with Gasteiger partial charge >= 0.3 is 0 Å². The van der Waals surface area contributed by atoms with Crippen LogP contribution in [-0.2, 0) is 0 Å². The average molecular weight is 249 g/mol. The van der Waals surface area contributed by atoms with Gasteiger partial charge in [-0.1, -0.05) is 23.7 Å². The third kappa shape index (κ3) is 3.07. The SMILES string of the molecule is CC(Nc1cncc(N)n1)c1cccc(Cl)c1. The highest BCUT2D eigenvalue weighted by Crippen LogP contribution is 2.20. The molecule has 0 spiro atoms. The van der Waals surface area contributed by atoms with Crippen molar-refractivity contribution in [3.8, 4) is 0 Å². The molecule has 0 radical (unpaired) electrons. The van der Waals surface area contributed by atoms with E-state index < -0.39 is 0 Å². The molecule has 1 atom stereocenters. The minimum atomic E-state index is 0.0878. The molecule has 0 saturated heterocycles. The van der Waals surface area contributed by atoms with E-state index >= 15 is 0 Å². The number of anilines is 2. The summed E-state index contributed by atoms with van der Waals surface area (Å²) in [6.45, 7) is 2.02. The van der Waals surface area contributed by atoms with Crippen molar-refractivity contribution in [2.45, 2.75) is 13.0 Å². The lowest BCUT2D eigenvalue weighted by Crippen LogP contribution is -2.08. The zero-order valence-electron chi connectivity index (χ0n) is 9.39. The van der Waals surface area contributed by atoms with Gasteiger partial charge in [0, 0.05) is 5.02 Å². The summed E-state index contributed by atoms with van der Waals surface area (Å²) in [5.74, 6) is 1.05. The van der Waals surface area contributed by atoms with Gasteiger partial charge in [0.2, 0.25) is 0 Å². The maximum Gasteiger partial charge on any atom is 0.147 e. The molecule has 0 bridgehead atoms. The molecular weight excluding hydrogens is 236 g/mol. The van der Waals surface area contributed by atoms with Gasteiger partial charge in [0.25, 0.3) is 0 Å². The Bertz CT molecular complexity index is 515. The Labute approximate surface area is 105 Å². The molecule has 1 aromatic carbocycles. The number of halogens is 1. The van der Waals surface area contributed by atoms with E-state index in [0.29, 0.717) is 11.6 Å². The highest BCUT2D eigenvalue weighted by molar-refractivity contribution is 6.30. The number of nitrogens with zero attached hydrogens (tertiary/aromatic N) is 2. The van der Waals surface area contributed by atoms with E-state index in [-0.39, 0.29) is 6.04 Å². The number of rotatable bonds is 3. The lowest BCUT2D eigenvalue weighted by Gasteiger charge is -2.14. The van der Waals surface area contributed by atoms with E-state index in [0.717, 1.165) is 10.6 Å². The number of hydrogen-bond donors (Lipinski definition) is 2. The van der Waals surface area contributed by atoms with Gasteiger partial charge in [0.1, 0.15) is 11.6 Å². The highest BCUT2D eigenvalue weighted by atomic mass is 35.5. The molecule has 1 heterocycles. The third-order valence-corrected chi connectivity index (χ3v) is 2.60. The lowest BCUT2D eigenvalue weighted by molar-refractivity contribution is 0.872. The van der Waals surface area contributed by atoms with Gasteiger partial charge in [-0.3, -0.25) is 4.98 Å². The molecule has 0 amide bonds. The second-order valence-electron chi connectivity index (χ2n) is 3.75. The van der Waals surface area contributed by atoms with E-state index in [9.17, 15) is 0 Å². The molecule has 0 aliphatic heterocycles.